The molecule has 7 heteroatoms. The normalized spacial score (nSPS) is 54.7. The summed E-state index contributed by atoms with van der Waals surface area (Å²) < 4.78 is 19.2. The van der Waals surface area contributed by atoms with Gasteiger partial charge in [-0.2, -0.15) is 0 Å². The first-order valence-electron chi connectivity index (χ1n) is 11.2. The third kappa shape index (κ3) is 1.79. The van der Waals surface area contributed by atoms with Crippen LogP contribution in [0.2, 0.25) is 0 Å². The Hall–Kier alpha value is -1.54. The zero-order valence-corrected chi connectivity index (χ0v) is 18.4. The standard InChI is InChI=1S/C24H30O7/c1-11-13-6-7-14-22-10-29-24(23(14,16(11)26)19(13)30-21(4,5)31-24)18(28)15(22)20(2,3)8-12(9-25)17(22)27/h9,13-15,18-19,25,28H,1,6-8,10H2,2-5H3/b12-9-/t13-,14-,15+,18-,19+,22-,23-,24+/m0/s1. The fraction of sp³-hybridized carbons (Fsp3) is 0.750. The molecule has 3 heterocycles. The third-order valence-corrected chi connectivity index (χ3v) is 9.40. The summed E-state index contributed by atoms with van der Waals surface area (Å²) in [5.74, 6) is -4.18. The highest BCUT2D eigenvalue weighted by molar-refractivity contribution is 6.08. The van der Waals surface area contributed by atoms with Gasteiger partial charge in [0.05, 0.1) is 24.4 Å². The van der Waals surface area contributed by atoms with Crippen molar-refractivity contribution in [1.29, 1.82) is 0 Å². The second-order valence-corrected chi connectivity index (χ2v) is 11.6. The van der Waals surface area contributed by atoms with Crippen molar-refractivity contribution < 1.29 is 34.0 Å². The molecule has 8 atom stereocenters. The molecule has 4 saturated carbocycles. The van der Waals surface area contributed by atoms with Crippen molar-refractivity contribution in [1.82, 2.24) is 0 Å². The second-order valence-electron chi connectivity index (χ2n) is 11.6. The lowest BCUT2D eigenvalue weighted by Gasteiger charge is -2.76. The van der Waals surface area contributed by atoms with Crippen molar-refractivity contribution in [2.75, 3.05) is 6.61 Å². The number of carbonyl (C=O) groups is 2. The molecule has 7 fully saturated rings. The molecule has 168 valence electrons. The summed E-state index contributed by atoms with van der Waals surface area (Å²) in [7, 11) is 0. The van der Waals surface area contributed by atoms with Crippen molar-refractivity contribution >= 4 is 11.6 Å². The van der Waals surface area contributed by atoms with E-state index in [2.05, 4.69) is 6.58 Å². The predicted octanol–water partition coefficient (Wildman–Crippen LogP) is 2.43. The Morgan fingerprint density at radius 1 is 1.13 bits per heavy atom. The van der Waals surface area contributed by atoms with Crippen LogP contribution in [0.4, 0.5) is 0 Å². The van der Waals surface area contributed by atoms with Crippen LogP contribution in [-0.4, -0.2) is 52.2 Å². The van der Waals surface area contributed by atoms with E-state index in [1.165, 1.54) is 0 Å². The average Bonchev–Trinajstić information content (AvgIpc) is 2.80. The minimum atomic E-state index is -1.59. The summed E-state index contributed by atoms with van der Waals surface area (Å²) in [4.78, 5) is 27.9. The van der Waals surface area contributed by atoms with Gasteiger partial charge >= 0.3 is 0 Å². The lowest BCUT2D eigenvalue weighted by Crippen LogP contribution is -2.88. The van der Waals surface area contributed by atoms with Gasteiger partial charge in [-0.15, -0.1) is 0 Å². The Labute approximate surface area is 181 Å². The molecule has 0 aromatic rings. The van der Waals surface area contributed by atoms with Crippen LogP contribution < -0.4 is 0 Å². The van der Waals surface area contributed by atoms with E-state index in [0.717, 1.165) is 6.26 Å². The van der Waals surface area contributed by atoms with E-state index >= 15 is 0 Å². The van der Waals surface area contributed by atoms with Crippen molar-refractivity contribution in [2.45, 2.75) is 70.7 Å². The van der Waals surface area contributed by atoms with Gasteiger partial charge in [-0.3, -0.25) is 9.59 Å². The fourth-order valence-electron chi connectivity index (χ4n) is 8.79. The van der Waals surface area contributed by atoms with E-state index < -0.39 is 51.9 Å². The maximum absolute atomic E-state index is 14.0. The Bertz CT molecular complexity index is 978. The largest absolute Gasteiger partial charge is 0.515 e. The lowest BCUT2D eigenvalue weighted by molar-refractivity contribution is -0.523. The monoisotopic (exact) mass is 430 g/mol. The Morgan fingerprint density at radius 3 is 2.52 bits per heavy atom. The fourth-order valence-corrected chi connectivity index (χ4v) is 8.79. The Kier molecular flexibility index (Phi) is 3.45. The first-order valence-corrected chi connectivity index (χ1v) is 11.2. The number of hydrogen-bond donors (Lipinski definition) is 2. The first kappa shape index (κ1) is 20.1. The summed E-state index contributed by atoms with van der Waals surface area (Å²) in [5.41, 5.74) is -2.17. The van der Waals surface area contributed by atoms with Gasteiger partial charge in [0.25, 0.3) is 0 Å². The van der Waals surface area contributed by atoms with E-state index in [0.29, 0.717) is 30.4 Å². The Morgan fingerprint density at radius 2 is 1.84 bits per heavy atom. The van der Waals surface area contributed by atoms with E-state index in [1.54, 1.807) is 13.8 Å². The zero-order valence-electron chi connectivity index (χ0n) is 18.4. The molecule has 7 rings (SSSR count). The van der Waals surface area contributed by atoms with Gasteiger partial charge in [0.1, 0.15) is 11.5 Å². The number of rotatable bonds is 0. The number of carbonyl (C=O) groups excluding carboxylic acids is 2. The van der Waals surface area contributed by atoms with Gasteiger partial charge in [0.15, 0.2) is 17.4 Å². The quantitative estimate of drug-likeness (QED) is 0.449. The molecule has 31 heavy (non-hydrogen) atoms. The summed E-state index contributed by atoms with van der Waals surface area (Å²) in [5, 5.41) is 21.9. The number of aliphatic hydroxyl groups excluding tert-OH is 2. The first-order chi connectivity index (χ1) is 14.4. The van der Waals surface area contributed by atoms with Crippen LogP contribution in [-0.2, 0) is 23.8 Å². The molecule has 0 amide bonds. The molecule has 3 spiro atoms. The maximum Gasteiger partial charge on any atom is 0.213 e. The highest BCUT2D eigenvalue weighted by Crippen LogP contribution is 2.78. The van der Waals surface area contributed by atoms with Crippen LogP contribution in [0.25, 0.3) is 0 Å². The van der Waals surface area contributed by atoms with Crippen molar-refractivity contribution in [3.63, 3.8) is 0 Å². The number of allylic oxidation sites excluding steroid dienone is 1. The van der Waals surface area contributed by atoms with Gasteiger partial charge in [-0.1, -0.05) is 20.4 Å². The van der Waals surface area contributed by atoms with Crippen LogP contribution in [0, 0.1) is 34.0 Å². The number of fused-ring (bicyclic) bond motifs is 1. The van der Waals surface area contributed by atoms with Gasteiger partial charge in [0, 0.05) is 17.4 Å². The molecule has 2 N–H and O–H groups in total. The predicted molar refractivity (Wildman–Crippen MR) is 108 cm³/mol. The number of aliphatic hydroxyl groups is 2. The molecule has 4 aliphatic carbocycles. The van der Waals surface area contributed by atoms with Crippen LogP contribution in [0.15, 0.2) is 24.0 Å². The smallest absolute Gasteiger partial charge is 0.213 e. The SMILES string of the molecule is C=C1C(=O)[C@@]23[C@@H]4OC(C)(C)O[C@@]25OC[C@]2(C(=O)/C(=C\O)CC(C)(C)[C@H]2[C@@H]5O)[C@@H]3CC[C@@H]14. The molecule has 7 nitrogen and oxygen atoms in total. The molecular formula is C24H30O7. The molecule has 3 aliphatic heterocycles. The molecule has 0 aromatic carbocycles. The number of Topliss-reactive ketones (excluding diaryl/α,β-unsaturated/α-hetero) is 2. The van der Waals surface area contributed by atoms with Crippen molar-refractivity contribution in [3.8, 4) is 0 Å². The summed E-state index contributed by atoms with van der Waals surface area (Å²) in [6.45, 7) is 11.7. The highest BCUT2D eigenvalue weighted by Gasteiger charge is 2.90. The average molecular weight is 430 g/mol. The van der Waals surface area contributed by atoms with Crippen molar-refractivity contribution in [3.05, 3.63) is 24.0 Å². The van der Waals surface area contributed by atoms with Crippen molar-refractivity contribution in [2.24, 2.45) is 34.0 Å². The number of ketones is 2. The summed E-state index contributed by atoms with van der Waals surface area (Å²) >= 11 is 0. The van der Waals surface area contributed by atoms with Crippen LogP contribution in [0.3, 0.4) is 0 Å². The van der Waals surface area contributed by atoms with Crippen LogP contribution >= 0.6 is 0 Å². The number of ether oxygens (including phenoxy) is 3. The van der Waals surface area contributed by atoms with Gasteiger partial charge < -0.3 is 24.4 Å². The van der Waals surface area contributed by atoms with Crippen LogP contribution in [0.1, 0.15) is 47.0 Å². The van der Waals surface area contributed by atoms with Gasteiger partial charge in [-0.25, -0.2) is 0 Å². The molecule has 0 unspecified atom stereocenters. The second kappa shape index (κ2) is 5.33. The molecule has 0 radical (unpaired) electrons. The minimum Gasteiger partial charge on any atom is -0.515 e. The molecule has 4 bridgehead atoms. The third-order valence-electron chi connectivity index (χ3n) is 9.40. The summed E-state index contributed by atoms with van der Waals surface area (Å²) in [6.07, 6.45) is 0.774. The maximum atomic E-state index is 14.0. The molecule has 0 aromatic heterocycles. The lowest BCUT2D eigenvalue weighted by atomic mass is 9.35. The van der Waals surface area contributed by atoms with Crippen LogP contribution in [0.5, 0.6) is 0 Å². The molecule has 3 saturated heterocycles. The van der Waals surface area contributed by atoms with Gasteiger partial charge in [-0.05, 0) is 50.0 Å². The molecular weight excluding hydrogens is 400 g/mol. The van der Waals surface area contributed by atoms with Gasteiger partial charge in [0.2, 0.25) is 5.79 Å². The highest BCUT2D eigenvalue weighted by atomic mass is 16.8. The Balaban J connectivity index is 1.70. The summed E-state index contributed by atoms with van der Waals surface area (Å²) in [6, 6.07) is 0. The van der Waals surface area contributed by atoms with E-state index in [1.807, 2.05) is 13.8 Å². The zero-order chi connectivity index (χ0) is 22.4. The number of hydrogen-bond acceptors (Lipinski definition) is 7. The van der Waals surface area contributed by atoms with E-state index in [4.69, 9.17) is 14.2 Å². The van der Waals surface area contributed by atoms with E-state index in [9.17, 15) is 19.8 Å². The minimum absolute atomic E-state index is 0.0496. The van der Waals surface area contributed by atoms with E-state index in [-0.39, 0.29) is 24.1 Å². The topological polar surface area (TPSA) is 102 Å². The molecule has 7 aliphatic rings.